The smallest absolute Gasteiger partial charge is 0.309 e. The molecule has 2 heterocycles. The second kappa shape index (κ2) is 8.56. The van der Waals surface area contributed by atoms with E-state index in [9.17, 15) is 14.4 Å². The third-order valence-corrected chi connectivity index (χ3v) is 4.66. The maximum Gasteiger partial charge on any atom is 0.309 e. The molecule has 0 saturated carbocycles. The summed E-state index contributed by atoms with van der Waals surface area (Å²) in [4.78, 5) is 36.7. The van der Waals surface area contributed by atoms with Gasteiger partial charge in [-0.05, 0) is 23.6 Å². The molecular weight excluding hydrogens is 336 g/mol. The number of ketones is 1. The third-order valence-electron chi connectivity index (χ3n) is 2.89. The van der Waals surface area contributed by atoms with Crippen LogP contribution in [0.3, 0.4) is 0 Å². The summed E-state index contributed by atoms with van der Waals surface area (Å²) in [5.74, 6) is -1.44. The molecule has 0 aliphatic rings. The second-order valence-electron chi connectivity index (χ2n) is 4.54. The predicted octanol–water partition coefficient (Wildman–Crippen LogP) is 1.42. The van der Waals surface area contributed by atoms with Crippen LogP contribution in [-0.2, 0) is 20.9 Å². The minimum absolute atomic E-state index is 0.0360. The fraction of sp³-hybridized carbons (Fsp3) is 0.267. The first-order chi connectivity index (χ1) is 11.1. The van der Waals surface area contributed by atoms with E-state index < -0.39 is 11.8 Å². The van der Waals surface area contributed by atoms with Gasteiger partial charge in [-0.25, -0.2) is 0 Å². The molecule has 23 heavy (non-hydrogen) atoms. The Morgan fingerprint density at radius 3 is 2.61 bits per heavy atom. The van der Waals surface area contributed by atoms with E-state index in [2.05, 4.69) is 10.6 Å². The molecule has 0 aromatic carbocycles. The number of methoxy groups -OCH3 is 1. The number of carbonyl (C=O) groups is 3. The number of amides is 2. The van der Waals surface area contributed by atoms with Crippen LogP contribution in [0.15, 0.2) is 29.0 Å². The Balaban J connectivity index is 1.84. The summed E-state index contributed by atoms with van der Waals surface area (Å²) in [5, 5.41) is 8.61. The molecule has 0 bridgehead atoms. The highest BCUT2D eigenvalue weighted by atomic mass is 32.1. The predicted molar refractivity (Wildman–Crippen MR) is 88.8 cm³/mol. The summed E-state index contributed by atoms with van der Waals surface area (Å²) >= 11 is 2.77. The minimum atomic E-state index is -0.708. The van der Waals surface area contributed by atoms with Crippen LogP contribution in [0.2, 0.25) is 0 Å². The van der Waals surface area contributed by atoms with Gasteiger partial charge in [0.15, 0.2) is 0 Å². The average molecular weight is 352 g/mol. The Morgan fingerprint density at radius 2 is 1.91 bits per heavy atom. The molecule has 122 valence electrons. The number of ether oxygens (including phenoxy) is 1. The maximum atomic E-state index is 12.2. The van der Waals surface area contributed by atoms with Crippen LogP contribution in [-0.4, -0.2) is 37.9 Å². The highest BCUT2D eigenvalue weighted by molar-refractivity contribution is 7.14. The van der Waals surface area contributed by atoms with Crippen LogP contribution >= 0.6 is 22.7 Å². The van der Waals surface area contributed by atoms with Crippen LogP contribution in [0.4, 0.5) is 0 Å². The molecule has 0 unspecified atom stereocenters. The second-order valence-corrected chi connectivity index (χ2v) is 6.49. The van der Waals surface area contributed by atoms with Crippen LogP contribution in [0.5, 0.6) is 0 Å². The molecule has 2 amide bonds. The Bertz CT molecular complexity index is 679. The Morgan fingerprint density at radius 1 is 1.13 bits per heavy atom. The molecule has 0 atom stereocenters. The number of thiophene rings is 2. The topological polar surface area (TPSA) is 84.5 Å². The molecule has 0 spiro atoms. The molecule has 0 radical (unpaired) electrons. The lowest BCUT2D eigenvalue weighted by atomic mass is 10.2. The summed E-state index contributed by atoms with van der Waals surface area (Å²) < 4.78 is 4.78. The summed E-state index contributed by atoms with van der Waals surface area (Å²) in [5.41, 5.74) is 0.657. The highest BCUT2D eigenvalue weighted by Crippen LogP contribution is 2.21. The van der Waals surface area contributed by atoms with Gasteiger partial charge in [0.25, 0.3) is 0 Å². The monoisotopic (exact) mass is 352 g/mol. The van der Waals surface area contributed by atoms with Crippen molar-refractivity contribution in [1.82, 2.24) is 10.6 Å². The normalized spacial score (nSPS) is 10.3. The van der Waals surface area contributed by atoms with Crippen molar-refractivity contribution in [2.45, 2.75) is 6.54 Å². The quantitative estimate of drug-likeness (QED) is 0.448. The van der Waals surface area contributed by atoms with Crippen LogP contribution in [0.25, 0.3) is 0 Å². The van der Waals surface area contributed by atoms with Crippen LogP contribution in [0.1, 0.15) is 20.1 Å². The lowest BCUT2D eigenvalue weighted by Crippen LogP contribution is -2.40. The van der Waals surface area contributed by atoms with Gasteiger partial charge in [-0.15, -0.1) is 11.3 Å². The number of hydrogen-bond acceptors (Lipinski definition) is 6. The fourth-order valence-electron chi connectivity index (χ4n) is 1.73. The van der Waals surface area contributed by atoms with E-state index in [1.807, 2.05) is 5.38 Å². The molecule has 6 nitrogen and oxygen atoms in total. The zero-order valence-electron chi connectivity index (χ0n) is 12.5. The zero-order valence-corrected chi connectivity index (χ0v) is 14.1. The van der Waals surface area contributed by atoms with Gasteiger partial charge < -0.3 is 15.4 Å². The van der Waals surface area contributed by atoms with Crippen molar-refractivity contribution >= 4 is 40.3 Å². The molecule has 0 saturated heterocycles. The third kappa shape index (κ3) is 4.98. The van der Waals surface area contributed by atoms with Crippen LogP contribution < -0.4 is 10.6 Å². The average Bonchev–Trinajstić information content (AvgIpc) is 3.23. The van der Waals surface area contributed by atoms with Gasteiger partial charge in [0, 0.05) is 29.5 Å². The molecule has 2 rings (SSSR count). The van der Waals surface area contributed by atoms with Gasteiger partial charge in [0.05, 0.1) is 18.0 Å². The van der Waals surface area contributed by atoms with Crippen molar-refractivity contribution in [2.75, 3.05) is 20.3 Å². The maximum absolute atomic E-state index is 12.2. The first kappa shape index (κ1) is 17.3. The Labute approximate surface area is 141 Å². The summed E-state index contributed by atoms with van der Waals surface area (Å²) in [6, 6.07) is 5.27. The standard InChI is InChI=1S/C15H16N2O4S2/c1-21-6-5-16-14(19)15(20)17-8-11-2-3-12(23-11)13(18)10-4-7-22-9-10/h2-4,7,9H,5-6,8H2,1H3,(H,16,19)(H,17,20). The molecule has 0 fully saturated rings. The number of nitrogens with one attached hydrogen (secondary N) is 2. The van der Waals surface area contributed by atoms with E-state index in [0.29, 0.717) is 17.0 Å². The van der Waals surface area contributed by atoms with Gasteiger partial charge in [-0.3, -0.25) is 14.4 Å². The lowest BCUT2D eigenvalue weighted by Gasteiger charge is -2.04. The molecule has 0 aliphatic carbocycles. The van der Waals surface area contributed by atoms with E-state index in [0.717, 1.165) is 4.88 Å². The molecular formula is C15H16N2O4S2. The Hall–Kier alpha value is -2.03. The van der Waals surface area contributed by atoms with E-state index in [-0.39, 0.29) is 18.9 Å². The van der Waals surface area contributed by atoms with E-state index in [1.165, 1.54) is 29.8 Å². The first-order valence-corrected chi connectivity index (χ1v) is 8.58. The van der Waals surface area contributed by atoms with Crippen molar-refractivity contribution in [3.8, 4) is 0 Å². The fourth-order valence-corrected chi connectivity index (χ4v) is 3.27. The minimum Gasteiger partial charge on any atom is -0.383 e. The van der Waals surface area contributed by atoms with Gasteiger partial charge in [0.1, 0.15) is 0 Å². The zero-order chi connectivity index (χ0) is 16.7. The van der Waals surface area contributed by atoms with Gasteiger partial charge in [-0.2, -0.15) is 11.3 Å². The summed E-state index contributed by atoms with van der Waals surface area (Å²) in [6.45, 7) is 0.831. The number of hydrogen-bond donors (Lipinski definition) is 2. The van der Waals surface area contributed by atoms with Crippen molar-refractivity contribution in [2.24, 2.45) is 0 Å². The lowest BCUT2D eigenvalue weighted by molar-refractivity contribution is -0.139. The summed E-state index contributed by atoms with van der Waals surface area (Å²) in [7, 11) is 1.51. The molecule has 8 heteroatoms. The molecule has 2 N–H and O–H groups in total. The van der Waals surface area contributed by atoms with E-state index >= 15 is 0 Å². The van der Waals surface area contributed by atoms with E-state index in [4.69, 9.17) is 4.74 Å². The van der Waals surface area contributed by atoms with Crippen molar-refractivity contribution in [3.05, 3.63) is 44.3 Å². The van der Waals surface area contributed by atoms with Gasteiger partial charge in [-0.1, -0.05) is 0 Å². The number of carbonyl (C=O) groups excluding carboxylic acids is 3. The molecule has 0 aliphatic heterocycles. The van der Waals surface area contributed by atoms with Crippen molar-refractivity contribution in [1.29, 1.82) is 0 Å². The highest BCUT2D eigenvalue weighted by Gasteiger charge is 2.15. The first-order valence-electron chi connectivity index (χ1n) is 6.82. The number of rotatable bonds is 7. The van der Waals surface area contributed by atoms with Crippen LogP contribution in [0, 0.1) is 0 Å². The summed E-state index contributed by atoms with van der Waals surface area (Å²) in [6.07, 6.45) is 0. The molecule has 2 aromatic heterocycles. The van der Waals surface area contributed by atoms with Crippen molar-refractivity contribution < 1.29 is 19.1 Å². The Kier molecular flexibility index (Phi) is 6.45. The van der Waals surface area contributed by atoms with Gasteiger partial charge in [0.2, 0.25) is 5.78 Å². The SMILES string of the molecule is COCCNC(=O)C(=O)NCc1ccc(C(=O)c2ccsc2)s1. The largest absolute Gasteiger partial charge is 0.383 e. The van der Waals surface area contributed by atoms with E-state index in [1.54, 1.807) is 23.6 Å². The van der Waals surface area contributed by atoms with Gasteiger partial charge >= 0.3 is 11.8 Å². The molecule has 2 aromatic rings. The van der Waals surface area contributed by atoms with Crippen molar-refractivity contribution in [3.63, 3.8) is 0 Å².